The van der Waals surface area contributed by atoms with Crippen LogP contribution < -0.4 is 0 Å². The number of hydrogen-bond donors (Lipinski definition) is 0. The second-order valence-electron chi connectivity index (χ2n) is 3.79. The van der Waals surface area contributed by atoms with Gasteiger partial charge in [-0.25, -0.2) is 0 Å². The number of rotatable bonds is 3. The normalized spacial score (nSPS) is 12.2. The van der Waals surface area contributed by atoms with Crippen molar-refractivity contribution in [1.29, 1.82) is 0 Å². The Hall–Kier alpha value is -1.02. The molecule has 2 aromatic rings. The van der Waals surface area contributed by atoms with Crippen molar-refractivity contribution in [1.82, 2.24) is 0 Å². The molecule has 0 N–H and O–H groups in total. The molecule has 0 heterocycles. The monoisotopic (exact) mass is 298 g/mol. The number of halogens is 3. The lowest BCUT2D eigenvalue weighted by Gasteiger charge is -2.09. The minimum absolute atomic E-state index is 0.157. The van der Waals surface area contributed by atoms with Crippen molar-refractivity contribution in [2.24, 2.45) is 0 Å². The summed E-state index contributed by atoms with van der Waals surface area (Å²) in [5.74, 6) is -0.157. The highest BCUT2D eigenvalue weighted by atomic mass is 35.5. The van der Waals surface area contributed by atoms with E-state index in [2.05, 4.69) is 0 Å². The highest BCUT2D eigenvalue weighted by Crippen LogP contribution is 2.26. The van der Waals surface area contributed by atoms with Gasteiger partial charge in [0.05, 0.1) is 0 Å². The number of benzene rings is 2. The summed E-state index contributed by atoms with van der Waals surface area (Å²) in [7, 11) is 0. The number of carbonyl (C=O) groups is 1. The first kappa shape index (κ1) is 13.4. The standard InChI is InChI=1S/C14H9Cl3O/c15-11-5-1-9(2-6-11)13(17)14(18)10-3-7-12(16)8-4-10/h1-8,13H. The lowest BCUT2D eigenvalue weighted by molar-refractivity contribution is 0.0987. The molecule has 1 atom stereocenters. The summed E-state index contributed by atoms with van der Waals surface area (Å²) in [5.41, 5.74) is 1.26. The van der Waals surface area contributed by atoms with E-state index >= 15 is 0 Å². The molecule has 1 unspecified atom stereocenters. The van der Waals surface area contributed by atoms with Gasteiger partial charge in [0, 0.05) is 15.6 Å². The lowest BCUT2D eigenvalue weighted by Crippen LogP contribution is -2.07. The van der Waals surface area contributed by atoms with E-state index in [1.807, 2.05) is 0 Å². The molecular weight excluding hydrogens is 291 g/mol. The molecule has 0 radical (unpaired) electrons. The topological polar surface area (TPSA) is 17.1 Å². The first-order chi connectivity index (χ1) is 8.58. The molecule has 0 saturated heterocycles. The van der Waals surface area contributed by atoms with E-state index < -0.39 is 5.38 Å². The Morgan fingerprint density at radius 2 is 1.28 bits per heavy atom. The summed E-state index contributed by atoms with van der Waals surface area (Å²) in [6, 6.07) is 13.6. The van der Waals surface area contributed by atoms with Crippen molar-refractivity contribution in [3.63, 3.8) is 0 Å². The summed E-state index contributed by atoms with van der Waals surface area (Å²) in [6.45, 7) is 0. The summed E-state index contributed by atoms with van der Waals surface area (Å²) >= 11 is 17.7. The minimum Gasteiger partial charge on any atom is -0.292 e. The number of Topliss-reactive ketones (excluding diaryl/α,β-unsaturated/α-hetero) is 1. The molecule has 0 saturated carbocycles. The highest BCUT2D eigenvalue weighted by molar-refractivity contribution is 6.34. The van der Waals surface area contributed by atoms with Crippen molar-refractivity contribution in [3.8, 4) is 0 Å². The van der Waals surface area contributed by atoms with E-state index in [4.69, 9.17) is 34.8 Å². The second-order valence-corrected chi connectivity index (χ2v) is 5.09. The maximum absolute atomic E-state index is 12.1. The van der Waals surface area contributed by atoms with Gasteiger partial charge in [-0.15, -0.1) is 11.6 Å². The molecule has 2 aromatic carbocycles. The molecule has 0 fully saturated rings. The summed E-state index contributed by atoms with van der Waals surface area (Å²) < 4.78 is 0. The van der Waals surface area contributed by atoms with E-state index in [9.17, 15) is 4.79 Å². The fourth-order valence-electron chi connectivity index (χ4n) is 1.54. The van der Waals surface area contributed by atoms with Gasteiger partial charge in [-0.2, -0.15) is 0 Å². The third-order valence-corrected chi connectivity index (χ3v) is 3.48. The van der Waals surface area contributed by atoms with Crippen molar-refractivity contribution in [2.75, 3.05) is 0 Å². The maximum atomic E-state index is 12.1. The third kappa shape index (κ3) is 3.05. The van der Waals surface area contributed by atoms with E-state index in [-0.39, 0.29) is 5.78 Å². The van der Waals surface area contributed by atoms with Crippen molar-refractivity contribution < 1.29 is 4.79 Å². The summed E-state index contributed by atoms with van der Waals surface area (Å²) in [4.78, 5) is 12.1. The molecule has 2 rings (SSSR count). The Morgan fingerprint density at radius 1 is 0.833 bits per heavy atom. The average molecular weight is 300 g/mol. The molecule has 0 aliphatic heterocycles. The van der Waals surface area contributed by atoms with E-state index in [0.717, 1.165) is 5.56 Å². The molecule has 0 bridgehead atoms. The van der Waals surface area contributed by atoms with Gasteiger partial charge in [0.2, 0.25) is 0 Å². The zero-order valence-corrected chi connectivity index (χ0v) is 11.5. The summed E-state index contributed by atoms with van der Waals surface area (Å²) in [6.07, 6.45) is 0. The number of hydrogen-bond acceptors (Lipinski definition) is 1. The Kier molecular flexibility index (Phi) is 4.28. The fraction of sp³-hybridized carbons (Fsp3) is 0.0714. The van der Waals surface area contributed by atoms with Gasteiger partial charge < -0.3 is 0 Å². The summed E-state index contributed by atoms with van der Waals surface area (Å²) in [5, 5.41) is 0.481. The molecule has 0 spiro atoms. The van der Waals surface area contributed by atoms with Crippen molar-refractivity contribution in [3.05, 3.63) is 69.7 Å². The van der Waals surface area contributed by atoms with Gasteiger partial charge in [-0.1, -0.05) is 35.3 Å². The van der Waals surface area contributed by atoms with Crippen LogP contribution in [0.15, 0.2) is 48.5 Å². The van der Waals surface area contributed by atoms with Crippen LogP contribution in [0.1, 0.15) is 21.3 Å². The van der Waals surface area contributed by atoms with Gasteiger partial charge in [-0.3, -0.25) is 4.79 Å². The van der Waals surface area contributed by atoms with Crippen molar-refractivity contribution >= 4 is 40.6 Å². The van der Waals surface area contributed by atoms with Gasteiger partial charge in [0.1, 0.15) is 5.38 Å². The predicted octanol–water partition coefficient (Wildman–Crippen LogP) is 5.16. The van der Waals surface area contributed by atoms with Crippen molar-refractivity contribution in [2.45, 2.75) is 5.38 Å². The Morgan fingerprint density at radius 3 is 1.78 bits per heavy atom. The first-order valence-corrected chi connectivity index (χ1v) is 6.46. The number of carbonyl (C=O) groups excluding carboxylic acids is 1. The molecule has 1 nitrogen and oxygen atoms in total. The third-order valence-electron chi connectivity index (χ3n) is 2.52. The SMILES string of the molecule is O=C(c1ccc(Cl)cc1)C(Cl)c1ccc(Cl)cc1. The lowest BCUT2D eigenvalue weighted by atomic mass is 10.0. The Balaban J connectivity index is 2.23. The van der Waals surface area contributed by atoms with Crippen LogP contribution in [-0.4, -0.2) is 5.78 Å². The van der Waals surface area contributed by atoms with Gasteiger partial charge >= 0.3 is 0 Å². The van der Waals surface area contributed by atoms with Gasteiger partial charge in [-0.05, 0) is 42.0 Å². The quantitative estimate of drug-likeness (QED) is 0.565. The highest BCUT2D eigenvalue weighted by Gasteiger charge is 2.19. The fourth-order valence-corrected chi connectivity index (χ4v) is 2.07. The first-order valence-electron chi connectivity index (χ1n) is 5.27. The molecule has 18 heavy (non-hydrogen) atoms. The Bertz CT molecular complexity index is 546. The van der Waals surface area contributed by atoms with E-state index in [1.54, 1.807) is 48.5 Å². The van der Waals surface area contributed by atoms with E-state index in [1.165, 1.54) is 0 Å². The predicted molar refractivity (Wildman–Crippen MR) is 75.8 cm³/mol. The van der Waals surface area contributed by atoms with Crippen LogP contribution in [0.4, 0.5) is 0 Å². The molecular formula is C14H9Cl3O. The maximum Gasteiger partial charge on any atom is 0.185 e. The van der Waals surface area contributed by atoms with Crippen LogP contribution in [0.5, 0.6) is 0 Å². The van der Waals surface area contributed by atoms with Crippen LogP contribution >= 0.6 is 34.8 Å². The molecule has 92 valence electrons. The zero-order valence-electron chi connectivity index (χ0n) is 9.24. The minimum atomic E-state index is -0.719. The molecule has 0 aliphatic carbocycles. The van der Waals surface area contributed by atoms with Crippen LogP contribution in [0.2, 0.25) is 10.0 Å². The second kappa shape index (κ2) is 5.75. The molecule has 0 amide bonds. The molecule has 4 heteroatoms. The van der Waals surface area contributed by atoms with Crippen LogP contribution in [0.3, 0.4) is 0 Å². The number of alkyl halides is 1. The largest absolute Gasteiger partial charge is 0.292 e. The van der Waals surface area contributed by atoms with Crippen LogP contribution in [-0.2, 0) is 0 Å². The zero-order chi connectivity index (χ0) is 13.1. The van der Waals surface area contributed by atoms with Gasteiger partial charge in [0.15, 0.2) is 5.78 Å². The Labute approximate surface area is 120 Å². The van der Waals surface area contributed by atoms with Gasteiger partial charge in [0.25, 0.3) is 0 Å². The van der Waals surface area contributed by atoms with E-state index in [0.29, 0.717) is 15.6 Å². The average Bonchev–Trinajstić information content (AvgIpc) is 2.39. The molecule has 0 aromatic heterocycles. The smallest absolute Gasteiger partial charge is 0.185 e. The van der Waals surface area contributed by atoms with Crippen LogP contribution in [0, 0.1) is 0 Å². The van der Waals surface area contributed by atoms with Crippen LogP contribution in [0.25, 0.3) is 0 Å². The number of ketones is 1. The molecule has 0 aliphatic rings.